The fourth-order valence-electron chi connectivity index (χ4n) is 16.2. The summed E-state index contributed by atoms with van der Waals surface area (Å²) in [5, 5.41) is 16.5. The molecule has 19 atom stereocenters. The zero-order valence-corrected chi connectivity index (χ0v) is 72.7. The minimum Gasteiger partial charge on any atom is -0.465 e. The van der Waals surface area contributed by atoms with Gasteiger partial charge in [-0.1, -0.05) is 257 Å². The van der Waals surface area contributed by atoms with Gasteiger partial charge in [0.15, 0.2) is 30.9 Å². The first-order valence-electron chi connectivity index (χ1n) is 44.4. The van der Waals surface area contributed by atoms with Crippen LogP contribution < -0.4 is 5.32 Å². The van der Waals surface area contributed by atoms with E-state index in [0.29, 0.717) is 12.8 Å². The van der Waals surface area contributed by atoms with Gasteiger partial charge >= 0.3 is 53.7 Å². The number of rotatable bonds is 48. The van der Waals surface area contributed by atoms with Crippen molar-refractivity contribution in [1.82, 2.24) is 5.32 Å². The number of hydrogen-bond donors (Lipinski definition) is 2. The summed E-state index contributed by atoms with van der Waals surface area (Å²) in [4.78, 5) is 141. The second-order valence-corrected chi connectivity index (χ2v) is 32.9. The van der Waals surface area contributed by atoms with Gasteiger partial charge in [0, 0.05) is 45.4 Å². The Morgan fingerprint density at radius 3 is 1.54 bits per heavy atom. The number of ether oxygens (including phenoxy) is 15. The predicted molar refractivity (Wildman–Crippen MR) is 443 cm³/mol. The number of fused-ring (bicyclic) bond motifs is 2. The Kier molecular flexibility index (Phi) is 44.5. The number of benzene rings is 3. The van der Waals surface area contributed by atoms with E-state index in [1.165, 1.54) is 147 Å². The van der Waals surface area contributed by atoms with Crippen LogP contribution in [-0.2, 0) is 105 Å². The number of nitrogens with one attached hydrogen (secondary N) is 1. The Morgan fingerprint density at radius 2 is 1.03 bits per heavy atom. The average Bonchev–Trinajstić information content (AvgIpc) is 0.759. The van der Waals surface area contributed by atoms with Crippen LogP contribution in [0.2, 0.25) is 0 Å². The van der Waals surface area contributed by atoms with E-state index in [9.17, 15) is 48.3 Å². The normalized spacial score (nSPS) is 26.5. The third-order valence-corrected chi connectivity index (χ3v) is 23.3. The van der Waals surface area contributed by atoms with Gasteiger partial charge in [-0.25, -0.2) is 19.2 Å². The van der Waals surface area contributed by atoms with Crippen LogP contribution in [0, 0.1) is 23.7 Å². The molecule has 27 heteroatoms. The van der Waals surface area contributed by atoms with Crippen molar-refractivity contribution in [2.45, 2.75) is 359 Å². The number of cyclic esters (lactones) is 2. The molecule has 0 saturated carbocycles. The summed E-state index contributed by atoms with van der Waals surface area (Å²) in [5.41, 5.74) is 0.182. The van der Waals surface area contributed by atoms with Gasteiger partial charge in [0.05, 0.1) is 55.4 Å². The fourth-order valence-corrected chi connectivity index (χ4v) is 16.2. The molecule has 4 heterocycles. The minimum atomic E-state index is -2.45. The summed E-state index contributed by atoms with van der Waals surface area (Å²) >= 11 is 0. The number of aliphatic hydroxyl groups excluding tert-OH is 1. The molecular formula is C93H137NO26. The highest BCUT2D eigenvalue weighted by atomic mass is 16.8. The van der Waals surface area contributed by atoms with Crippen molar-refractivity contribution in [3.63, 3.8) is 0 Å². The fraction of sp³-hybridized carbons (Fsp3) is 0.699. The highest BCUT2D eigenvalue weighted by Crippen LogP contribution is 2.46. The molecule has 7 rings (SSSR count). The molecule has 4 fully saturated rings. The Labute approximate surface area is 710 Å². The first kappa shape index (κ1) is 99.2. The lowest BCUT2D eigenvalue weighted by Crippen LogP contribution is -2.67. The van der Waals surface area contributed by atoms with E-state index in [4.69, 9.17) is 71.1 Å². The van der Waals surface area contributed by atoms with Gasteiger partial charge < -0.3 is 81.5 Å². The van der Waals surface area contributed by atoms with Crippen LogP contribution >= 0.6 is 0 Å². The van der Waals surface area contributed by atoms with Crippen LogP contribution in [0.3, 0.4) is 0 Å². The number of unbranched alkanes of at least 4 members (excludes halogenated alkanes) is 25. The Balaban J connectivity index is 1.29. The molecule has 0 spiro atoms. The number of hydrogen-bond acceptors (Lipinski definition) is 26. The van der Waals surface area contributed by atoms with Gasteiger partial charge in [-0.3, -0.25) is 28.8 Å². The maximum atomic E-state index is 15.0. The lowest BCUT2D eigenvalue weighted by atomic mass is 9.76. The van der Waals surface area contributed by atoms with Crippen molar-refractivity contribution in [3.8, 4) is 0 Å². The van der Waals surface area contributed by atoms with Crippen LogP contribution in [0.4, 0.5) is 0 Å². The number of carbonyl (C=O) groups is 10. The van der Waals surface area contributed by atoms with Gasteiger partial charge in [0.1, 0.15) is 62.5 Å². The molecule has 0 aliphatic carbocycles. The van der Waals surface area contributed by atoms with Crippen LogP contribution in [0.5, 0.6) is 0 Å². The molecule has 1 amide bonds. The summed E-state index contributed by atoms with van der Waals surface area (Å²) in [7, 11) is 1.11. The van der Waals surface area contributed by atoms with Crippen molar-refractivity contribution in [2.75, 3.05) is 33.5 Å². The van der Waals surface area contributed by atoms with E-state index < -0.39 is 208 Å². The summed E-state index contributed by atoms with van der Waals surface area (Å²) in [5.74, 6) is -13.6. The summed E-state index contributed by atoms with van der Waals surface area (Å²) in [6.07, 6.45) is 6.74. The molecule has 3 aromatic rings. The standard InChI is InChI=1S/C93H137NO26/c1-11-13-15-17-19-21-23-25-26-27-29-31-33-35-46-54-77(98)94-72-58-110-90-85(116-88(103)70-49-41-37-42-50-70)80(101)84(76(115-90)61-108-78(99)55-56-79(100)113-73(83(72)112-68(9)97)53-45-34-32-30-28-24-22-20-18-16-14-12-2)118-91-86(117-89(104)71-51-43-38-44-52-71)82(65(6)75(114-91)60-109-87(102)69-47-39-36-40-48-69)120-93(92(105)106-10)57-62(3)63(4)81(119-93)64(5)74(111-67(8)96)59-107-66(7)95/h36-44,47-52,62-65,72-76,80-86,90-91,101H,11-35,45-46,53-61H2,1-10H3,(H,94,98)/t62?,63-,64-,65+,72+,73-,74?,75?,76+,80?,81-,82+,83+,84-,85?,86?,90-,91+,93+/m1/s1. The molecule has 4 saturated heterocycles. The third kappa shape index (κ3) is 33.0. The van der Waals surface area contributed by atoms with Crippen molar-refractivity contribution < 1.29 is 124 Å². The summed E-state index contributed by atoms with van der Waals surface area (Å²) < 4.78 is 95.5. The highest BCUT2D eigenvalue weighted by Gasteiger charge is 2.61. The molecule has 0 aromatic heterocycles. The quantitative estimate of drug-likeness (QED) is 0.0301. The second kappa shape index (κ2) is 53.9. The third-order valence-electron chi connectivity index (χ3n) is 23.3. The van der Waals surface area contributed by atoms with Crippen molar-refractivity contribution >= 4 is 59.6 Å². The molecule has 2 N–H and O–H groups in total. The molecule has 4 aliphatic heterocycles. The van der Waals surface area contributed by atoms with E-state index in [0.717, 1.165) is 77.7 Å². The zero-order chi connectivity index (χ0) is 86.8. The van der Waals surface area contributed by atoms with Crippen LogP contribution in [0.1, 0.15) is 299 Å². The maximum absolute atomic E-state index is 15.0. The average molecular weight is 1690 g/mol. The number of methoxy groups -OCH3 is 1. The molecule has 27 nitrogen and oxygen atoms in total. The number of aliphatic hydroxyl groups is 1. The lowest BCUT2D eigenvalue weighted by molar-refractivity contribution is -0.379. The maximum Gasteiger partial charge on any atom is 0.366 e. The van der Waals surface area contributed by atoms with Crippen molar-refractivity contribution in [3.05, 3.63) is 108 Å². The largest absolute Gasteiger partial charge is 0.465 e. The van der Waals surface area contributed by atoms with Crippen LogP contribution in [-0.4, -0.2) is 190 Å². The lowest BCUT2D eigenvalue weighted by Gasteiger charge is -2.52. The first-order chi connectivity index (χ1) is 57.9. The van der Waals surface area contributed by atoms with E-state index >= 15 is 4.79 Å². The number of amides is 1. The van der Waals surface area contributed by atoms with Crippen LogP contribution in [0.15, 0.2) is 91.0 Å². The molecule has 120 heavy (non-hydrogen) atoms. The molecular weight excluding hydrogens is 1550 g/mol. The molecule has 4 aliphatic rings. The van der Waals surface area contributed by atoms with Gasteiger partial charge in [0.2, 0.25) is 5.91 Å². The topological polar surface area (TPSA) is 341 Å². The van der Waals surface area contributed by atoms with Crippen LogP contribution in [0.25, 0.3) is 0 Å². The smallest absolute Gasteiger partial charge is 0.366 e. The van der Waals surface area contributed by atoms with Gasteiger partial charge in [-0.05, 0) is 67.5 Å². The number of carbonyl (C=O) groups excluding carboxylic acids is 10. The van der Waals surface area contributed by atoms with E-state index in [1.54, 1.807) is 68.4 Å². The first-order valence-corrected chi connectivity index (χ1v) is 44.4. The summed E-state index contributed by atoms with van der Waals surface area (Å²) in [6.45, 7) is 12.6. The molecule has 6 unspecified atom stereocenters. The Hall–Kier alpha value is -7.92. The monoisotopic (exact) mass is 1680 g/mol. The SMILES string of the molecule is CCCCCCCCCCCCCCCCCC(=O)N[C@H]1CO[C@@H]2O[C@@H](COC(=O)CCC(=O)O[C@H](CCCCCCCCCCCCCC)[C@H]1OC(C)=O)[C@@H](O[C@@H]1OC(COC(=O)c3ccccc3)[C@H](C)[C@H](O[C@]3(C(=O)OC)CC(C)[C@@H](C)[C@H]([C@H](C)C(COC(C)=O)OC(C)=O)O3)C1OC(=O)c1ccccc1)C(O)C2OC(=O)c1ccccc1. The van der Waals surface area contributed by atoms with Gasteiger partial charge in [-0.15, -0.1) is 0 Å². The van der Waals surface area contributed by atoms with Crippen molar-refractivity contribution in [1.29, 1.82) is 0 Å². The molecule has 2 bridgehead atoms. The molecule has 3 aromatic carbocycles. The van der Waals surface area contributed by atoms with Gasteiger partial charge in [-0.2, -0.15) is 0 Å². The zero-order valence-electron chi connectivity index (χ0n) is 72.7. The highest BCUT2D eigenvalue weighted by molar-refractivity contribution is 5.90. The number of esters is 9. The molecule has 0 radical (unpaired) electrons. The van der Waals surface area contributed by atoms with E-state index in [2.05, 4.69) is 19.2 Å². The van der Waals surface area contributed by atoms with Gasteiger partial charge in [0.25, 0.3) is 5.79 Å². The Bertz CT molecular complexity index is 3550. The van der Waals surface area contributed by atoms with E-state index in [1.807, 2.05) is 13.8 Å². The Morgan fingerprint density at radius 1 is 0.533 bits per heavy atom. The van der Waals surface area contributed by atoms with E-state index in [-0.39, 0.29) is 42.6 Å². The molecule has 670 valence electrons. The minimum absolute atomic E-state index is 0.0106. The van der Waals surface area contributed by atoms with Crippen molar-refractivity contribution in [2.24, 2.45) is 23.7 Å². The summed E-state index contributed by atoms with van der Waals surface area (Å²) in [6, 6.07) is 22.3. The predicted octanol–water partition coefficient (Wildman–Crippen LogP) is 15.6. The second-order valence-electron chi connectivity index (χ2n) is 32.9.